The van der Waals surface area contributed by atoms with Crippen molar-refractivity contribution >= 4 is 11.8 Å². The minimum absolute atomic E-state index is 0.0856. The lowest BCUT2D eigenvalue weighted by molar-refractivity contribution is -0.141. The molecule has 2 atom stereocenters. The van der Waals surface area contributed by atoms with Gasteiger partial charge in [0.15, 0.2) is 0 Å². The lowest BCUT2D eigenvalue weighted by Crippen LogP contribution is -2.59. The van der Waals surface area contributed by atoms with Crippen molar-refractivity contribution in [2.24, 2.45) is 5.92 Å². The van der Waals surface area contributed by atoms with Crippen LogP contribution in [0.4, 0.5) is 0 Å². The van der Waals surface area contributed by atoms with Crippen LogP contribution < -0.4 is 10.6 Å². The van der Waals surface area contributed by atoms with Gasteiger partial charge in [-0.25, -0.2) is 0 Å². The van der Waals surface area contributed by atoms with Crippen LogP contribution in [0.2, 0.25) is 0 Å². The van der Waals surface area contributed by atoms with Gasteiger partial charge in [0.2, 0.25) is 11.8 Å². The van der Waals surface area contributed by atoms with E-state index in [1.54, 1.807) is 11.9 Å². The molecule has 0 radical (unpaired) electrons. The first-order valence-electron chi connectivity index (χ1n) is 6.61. The Kier molecular flexibility index (Phi) is 4.36. The van der Waals surface area contributed by atoms with Gasteiger partial charge in [-0.3, -0.25) is 9.59 Å². The molecule has 1 fully saturated rings. The number of rotatable bonds is 3. The number of allylic oxidation sites excluding steroid dienone is 2. The maximum Gasteiger partial charge on any atom is 0.243 e. The average Bonchev–Trinajstić information content (AvgIpc) is 2.90. The highest BCUT2D eigenvalue weighted by molar-refractivity contribution is 5.88. The summed E-state index contributed by atoms with van der Waals surface area (Å²) in [7, 11) is 1.61. The average molecular weight is 251 g/mol. The molecule has 2 aliphatic rings. The largest absolute Gasteiger partial charge is 0.357 e. The van der Waals surface area contributed by atoms with Crippen LogP contribution in [0.25, 0.3) is 0 Å². The molecule has 1 aliphatic heterocycles. The van der Waals surface area contributed by atoms with Gasteiger partial charge in [0, 0.05) is 33.1 Å². The first kappa shape index (κ1) is 13.1. The Labute approximate surface area is 108 Å². The Morgan fingerprint density at radius 3 is 3.00 bits per heavy atom. The van der Waals surface area contributed by atoms with E-state index in [1.165, 1.54) is 0 Å². The minimum Gasteiger partial charge on any atom is -0.357 e. The zero-order valence-electron chi connectivity index (χ0n) is 10.8. The summed E-state index contributed by atoms with van der Waals surface area (Å²) in [5.74, 6) is 0.372. The number of carbonyl (C=O) groups excluding carboxylic acids is 2. The summed E-state index contributed by atoms with van der Waals surface area (Å²) in [4.78, 5) is 25.8. The standard InChI is InChI=1S/C13H21N3O2/c1-14-13(18)11-9-15-6-7-16(11)12(17)8-10-4-2-3-5-10/h2,4,10-11,15H,3,5-9H2,1H3,(H,14,18). The van der Waals surface area contributed by atoms with Crippen LogP contribution in [0.1, 0.15) is 19.3 Å². The number of amides is 2. The summed E-state index contributed by atoms with van der Waals surface area (Å²) in [6.07, 6.45) is 6.91. The third kappa shape index (κ3) is 2.90. The monoisotopic (exact) mass is 251 g/mol. The summed E-state index contributed by atoms with van der Waals surface area (Å²) < 4.78 is 0. The van der Waals surface area contributed by atoms with E-state index in [4.69, 9.17) is 0 Å². The van der Waals surface area contributed by atoms with Crippen LogP contribution >= 0.6 is 0 Å². The second-order valence-electron chi connectivity index (χ2n) is 4.89. The highest BCUT2D eigenvalue weighted by Gasteiger charge is 2.32. The van der Waals surface area contributed by atoms with Crippen molar-refractivity contribution in [2.75, 3.05) is 26.7 Å². The molecular formula is C13H21N3O2. The molecule has 2 N–H and O–H groups in total. The number of piperazine rings is 1. The molecule has 18 heavy (non-hydrogen) atoms. The van der Waals surface area contributed by atoms with Crippen molar-refractivity contribution in [1.29, 1.82) is 0 Å². The van der Waals surface area contributed by atoms with E-state index in [0.29, 0.717) is 25.4 Å². The molecule has 0 saturated carbocycles. The molecule has 0 aromatic rings. The predicted octanol–water partition coefficient (Wildman–Crippen LogP) is -0.111. The third-order valence-electron chi connectivity index (χ3n) is 3.66. The predicted molar refractivity (Wildman–Crippen MR) is 68.9 cm³/mol. The number of hydrogen-bond acceptors (Lipinski definition) is 3. The Bertz CT molecular complexity index is 354. The summed E-state index contributed by atoms with van der Waals surface area (Å²) in [6, 6.07) is -0.360. The lowest BCUT2D eigenvalue weighted by Gasteiger charge is -2.35. The van der Waals surface area contributed by atoms with Crippen LogP contribution in [0.15, 0.2) is 12.2 Å². The number of hydrogen-bond donors (Lipinski definition) is 2. The first-order valence-corrected chi connectivity index (χ1v) is 6.61. The fourth-order valence-corrected chi connectivity index (χ4v) is 2.61. The van der Waals surface area contributed by atoms with E-state index in [0.717, 1.165) is 19.4 Å². The van der Waals surface area contributed by atoms with Gasteiger partial charge in [-0.1, -0.05) is 12.2 Å². The minimum atomic E-state index is -0.360. The molecule has 2 unspecified atom stereocenters. The van der Waals surface area contributed by atoms with Gasteiger partial charge >= 0.3 is 0 Å². The van der Waals surface area contributed by atoms with E-state index < -0.39 is 0 Å². The number of nitrogens with one attached hydrogen (secondary N) is 2. The van der Waals surface area contributed by atoms with Gasteiger partial charge < -0.3 is 15.5 Å². The zero-order valence-corrected chi connectivity index (χ0v) is 10.8. The Hall–Kier alpha value is -1.36. The molecular weight excluding hydrogens is 230 g/mol. The maximum atomic E-state index is 12.3. The molecule has 100 valence electrons. The van der Waals surface area contributed by atoms with E-state index in [2.05, 4.69) is 22.8 Å². The van der Waals surface area contributed by atoms with Gasteiger partial charge in [-0.15, -0.1) is 0 Å². The molecule has 0 bridgehead atoms. The highest BCUT2D eigenvalue weighted by Crippen LogP contribution is 2.22. The highest BCUT2D eigenvalue weighted by atomic mass is 16.2. The lowest BCUT2D eigenvalue weighted by atomic mass is 10.0. The summed E-state index contributed by atoms with van der Waals surface area (Å²) in [6.45, 7) is 1.93. The van der Waals surface area contributed by atoms with Crippen molar-refractivity contribution in [3.63, 3.8) is 0 Å². The van der Waals surface area contributed by atoms with Gasteiger partial charge in [0.25, 0.3) is 0 Å². The number of carbonyl (C=O) groups is 2. The quantitative estimate of drug-likeness (QED) is 0.688. The molecule has 1 aliphatic carbocycles. The van der Waals surface area contributed by atoms with Gasteiger partial charge in [0.05, 0.1) is 0 Å². The summed E-state index contributed by atoms with van der Waals surface area (Å²) in [5, 5.41) is 5.79. The Morgan fingerprint density at radius 2 is 2.33 bits per heavy atom. The van der Waals surface area contributed by atoms with Gasteiger partial charge in [0.1, 0.15) is 6.04 Å². The first-order chi connectivity index (χ1) is 8.72. The fraction of sp³-hybridized carbons (Fsp3) is 0.692. The van der Waals surface area contributed by atoms with Crippen LogP contribution in [-0.4, -0.2) is 49.4 Å². The van der Waals surface area contributed by atoms with Crippen LogP contribution in [0.3, 0.4) is 0 Å². The van der Waals surface area contributed by atoms with Crippen molar-refractivity contribution in [3.05, 3.63) is 12.2 Å². The Morgan fingerprint density at radius 1 is 1.50 bits per heavy atom. The second kappa shape index (κ2) is 6.00. The molecule has 2 rings (SSSR count). The van der Waals surface area contributed by atoms with Crippen LogP contribution in [0.5, 0.6) is 0 Å². The van der Waals surface area contributed by atoms with Gasteiger partial charge in [-0.2, -0.15) is 0 Å². The van der Waals surface area contributed by atoms with Crippen molar-refractivity contribution < 1.29 is 9.59 Å². The van der Waals surface area contributed by atoms with Crippen molar-refractivity contribution in [2.45, 2.75) is 25.3 Å². The van der Waals surface area contributed by atoms with E-state index in [1.807, 2.05) is 0 Å². The SMILES string of the molecule is CNC(=O)C1CNCCN1C(=O)CC1C=CCC1. The zero-order chi connectivity index (χ0) is 13.0. The summed E-state index contributed by atoms with van der Waals surface area (Å²) in [5.41, 5.74) is 0. The molecule has 0 spiro atoms. The van der Waals surface area contributed by atoms with Crippen molar-refractivity contribution in [1.82, 2.24) is 15.5 Å². The van der Waals surface area contributed by atoms with Gasteiger partial charge in [-0.05, 0) is 18.8 Å². The van der Waals surface area contributed by atoms with E-state index in [9.17, 15) is 9.59 Å². The van der Waals surface area contributed by atoms with Crippen LogP contribution in [0, 0.1) is 5.92 Å². The van der Waals surface area contributed by atoms with Crippen LogP contribution in [-0.2, 0) is 9.59 Å². The normalized spacial score (nSPS) is 27.3. The number of nitrogens with zero attached hydrogens (tertiary/aromatic N) is 1. The fourth-order valence-electron chi connectivity index (χ4n) is 2.61. The molecule has 2 amide bonds. The van der Waals surface area contributed by atoms with Crippen molar-refractivity contribution in [3.8, 4) is 0 Å². The molecule has 0 aromatic heterocycles. The maximum absolute atomic E-state index is 12.3. The Balaban J connectivity index is 1.96. The topological polar surface area (TPSA) is 61.4 Å². The molecule has 1 saturated heterocycles. The third-order valence-corrected chi connectivity index (χ3v) is 3.66. The number of likely N-dealkylation sites (N-methyl/N-ethyl adjacent to an activating group) is 1. The smallest absolute Gasteiger partial charge is 0.243 e. The molecule has 0 aromatic carbocycles. The summed E-state index contributed by atoms with van der Waals surface area (Å²) >= 11 is 0. The van der Waals surface area contributed by atoms with E-state index in [-0.39, 0.29) is 17.9 Å². The molecule has 5 heteroatoms. The molecule has 5 nitrogen and oxygen atoms in total. The van der Waals surface area contributed by atoms with E-state index >= 15 is 0 Å². The molecule has 1 heterocycles. The second-order valence-corrected chi connectivity index (χ2v) is 4.89.